The van der Waals surface area contributed by atoms with Gasteiger partial charge in [0.25, 0.3) is 0 Å². The van der Waals surface area contributed by atoms with E-state index in [0.717, 1.165) is 0 Å². The Balaban J connectivity index is 0.000000243. The molecular weight excluding hydrogens is 419 g/mol. The average Bonchev–Trinajstić information content (AvgIpc) is 2.46. The van der Waals surface area contributed by atoms with Crippen LogP contribution in [0.5, 0.6) is 0 Å². The van der Waals surface area contributed by atoms with E-state index in [0.29, 0.717) is 15.6 Å². The first-order chi connectivity index (χ1) is 11.2. The second-order valence-electron chi connectivity index (χ2n) is 4.65. The minimum atomic E-state index is -1.03. The van der Waals surface area contributed by atoms with E-state index in [-0.39, 0.29) is 21.2 Å². The number of rotatable bonds is 3. The van der Waals surface area contributed by atoms with Gasteiger partial charge in [-0.15, -0.1) is 0 Å². The van der Waals surface area contributed by atoms with E-state index in [1.807, 2.05) is 0 Å². The Morgan fingerprint density at radius 3 is 1.75 bits per heavy atom. The van der Waals surface area contributed by atoms with Gasteiger partial charge in [-0.3, -0.25) is 0 Å². The third-order valence-electron chi connectivity index (χ3n) is 2.86. The standard InChI is InChI=1S/C10H9ClO2.C7H4BrClO2/c1-6(2)7-4-3-5-8(11)9(7)10(12)13;8-4-2-1-3-5(9)6(4)7(10)11/h3-5H,1H2,2H3,(H,12,13);1-3H,(H,10,11). The zero-order valence-electron chi connectivity index (χ0n) is 12.5. The highest BCUT2D eigenvalue weighted by Crippen LogP contribution is 2.25. The molecule has 0 aliphatic heterocycles. The number of halogens is 3. The van der Waals surface area contributed by atoms with Crippen LogP contribution in [0.15, 0.2) is 47.4 Å². The molecule has 0 spiro atoms. The molecule has 0 unspecified atom stereocenters. The molecule has 2 rings (SSSR count). The molecule has 0 aliphatic carbocycles. The van der Waals surface area contributed by atoms with Crippen molar-refractivity contribution >= 4 is 56.6 Å². The first-order valence-electron chi connectivity index (χ1n) is 6.51. The molecule has 2 aromatic rings. The highest BCUT2D eigenvalue weighted by molar-refractivity contribution is 9.10. The normalized spacial score (nSPS) is 9.67. The zero-order valence-corrected chi connectivity index (χ0v) is 15.6. The minimum Gasteiger partial charge on any atom is -0.478 e. The van der Waals surface area contributed by atoms with Gasteiger partial charge < -0.3 is 10.2 Å². The number of aromatic carboxylic acids is 2. The van der Waals surface area contributed by atoms with Crippen molar-refractivity contribution in [3.8, 4) is 0 Å². The number of benzene rings is 2. The third-order valence-corrected chi connectivity index (χ3v) is 4.15. The van der Waals surface area contributed by atoms with Crippen LogP contribution in [-0.2, 0) is 0 Å². The summed E-state index contributed by atoms with van der Waals surface area (Å²) in [7, 11) is 0. The SMILES string of the molecule is C=C(C)c1cccc(Cl)c1C(=O)O.O=C(O)c1c(Cl)cccc1Br. The summed E-state index contributed by atoms with van der Waals surface area (Å²) in [4.78, 5) is 21.3. The second kappa shape index (κ2) is 8.87. The zero-order chi connectivity index (χ0) is 18.4. The highest BCUT2D eigenvalue weighted by Gasteiger charge is 2.14. The Kier molecular flexibility index (Phi) is 7.48. The smallest absolute Gasteiger partial charge is 0.338 e. The lowest BCUT2D eigenvalue weighted by atomic mass is 10.0. The Morgan fingerprint density at radius 1 is 0.958 bits per heavy atom. The van der Waals surface area contributed by atoms with E-state index in [1.54, 1.807) is 37.3 Å². The summed E-state index contributed by atoms with van der Waals surface area (Å²) >= 11 is 14.4. The lowest BCUT2D eigenvalue weighted by molar-refractivity contribution is 0.0685. The molecule has 7 heteroatoms. The molecule has 2 N–H and O–H groups in total. The number of carbonyl (C=O) groups is 2. The summed E-state index contributed by atoms with van der Waals surface area (Å²) in [5.41, 5.74) is 1.51. The first kappa shape index (κ1) is 20.2. The molecule has 0 aliphatic rings. The lowest BCUT2D eigenvalue weighted by Crippen LogP contribution is -2.01. The van der Waals surface area contributed by atoms with Crippen LogP contribution in [0.1, 0.15) is 33.2 Å². The van der Waals surface area contributed by atoms with Crippen LogP contribution in [0.2, 0.25) is 10.0 Å². The topological polar surface area (TPSA) is 74.6 Å². The van der Waals surface area contributed by atoms with Crippen LogP contribution in [0.4, 0.5) is 0 Å². The van der Waals surface area contributed by atoms with E-state index in [1.165, 1.54) is 6.07 Å². The van der Waals surface area contributed by atoms with E-state index < -0.39 is 11.9 Å². The van der Waals surface area contributed by atoms with Crippen molar-refractivity contribution in [2.75, 3.05) is 0 Å². The van der Waals surface area contributed by atoms with Crippen molar-refractivity contribution in [2.45, 2.75) is 6.92 Å². The molecule has 0 saturated heterocycles. The molecule has 0 fully saturated rings. The maximum atomic E-state index is 10.8. The van der Waals surface area contributed by atoms with Gasteiger partial charge in [0, 0.05) is 4.47 Å². The number of hydrogen-bond donors (Lipinski definition) is 2. The number of hydrogen-bond acceptors (Lipinski definition) is 2. The van der Waals surface area contributed by atoms with Gasteiger partial charge in [0.05, 0.1) is 21.2 Å². The van der Waals surface area contributed by atoms with Crippen molar-refractivity contribution in [3.63, 3.8) is 0 Å². The summed E-state index contributed by atoms with van der Waals surface area (Å²) < 4.78 is 0.498. The number of allylic oxidation sites excluding steroid dienone is 1. The first-order valence-corrected chi connectivity index (χ1v) is 8.06. The quantitative estimate of drug-likeness (QED) is 0.636. The van der Waals surface area contributed by atoms with Crippen molar-refractivity contribution in [1.82, 2.24) is 0 Å². The molecule has 0 saturated carbocycles. The Labute approximate surface area is 157 Å². The Hall–Kier alpha value is -1.82. The van der Waals surface area contributed by atoms with Gasteiger partial charge in [-0.25, -0.2) is 9.59 Å². The second-order valence-corrected chi connectivity index (χ2v) is 6.32. The van der Waals surface area contributed by atoms with Gasteiger partial charge in [0.2, 0.25) is 0 Å². The summed E-state index contributed by atoms with van der Waals surface area (Å²) in [5, 5.41) is 18.0. The summed E-state index contributed by atoms with van der Waals surface area (Å²) in [6.45, 7) is 5.44. The molecular formula is C17H13BrCl2O4. The van der Waals surface area contributed by atoms with Crippen LogP contribution in [0, 0.1) is 0 Å². The predicted molar refractivity (Wildman–Crippen MR) is 99.2 cm³/mol. The van der Waals surface area contributed by atoms with Crippen molar-refractivity contribution in [3.05, 3.63) is 74.2 Å². The van der Waals surface area contributed by atoms with E-state index in [4.69, 9.17) is 33.4 Å². The maximum Gasteiger partial charge on any atom is 0.338 e. The predicted octanol–water partition coefficient (Wildman–Crippen LogP) is 5.87. The maximum absolute atomic E-state index is 10.8. The fourth-order valence-corrected chi connectivity index (χ4v) is 2.96. The molecule has 0 radical (unpaired) electrons. The Bertz CT molecular complexity index is 783. The largest absolute Gasteiger partial charge is 0.478 e. The lowest BCUT2D eigenvalue weighted by Gasteiger charge is -2.06. The van der Waals surface area contributed by atoms with Gasteiger partial charge in [0.1, 0.15) is 0 Å². The molecule has 2 aromatic carbocycles. The van der Waals surface area contributed by atoms with Crippen molar-refractivity contribution in [2.24, 2.45) is 0 Å². The summed E-state index contributed by atoms with van der Waals surface area (Å²) in [6.07, 6.45) is 0. The van der Waals surface area contributed by atoms with Crippen LogP contribution in [0.25, 0.3) is 5.57 Å². The molecule has 0 heterocycles. The number of carboxylic acids is 2. The van der Waals surface area contributed by atoms with Crippen molar-refractivity contribution in [1.29, 1.82) is 0 Å². The molecule has 126 valence electrons. The fraction of sp³-hybridized carbons (Fsp3) is 0.0588. The van der Waals surface area contributed by atoms with Gasteiger partial charge in [-0.2, -0.15) is 0 Å². The van der Waals surface area contributed by atoms with Gasteiger partial charge in [-0.1, -0.05) is 53.6 Å². The molecule has 24 heavy (non-hydrogen) atoms. The van der Waals surface area contributed by atoms with Gasteiger partial charge >= 0.3 is 11.9 Å². The summed E-state index contributed by atoms with van der Waals surface area (Å²) in [6, 6.07) is 9.80. The van der Waals surface area contributed by atoms with E-state index in [9.17, 15) is 9.59 Å². The van der Waals surface area contributed by atoms with Crippen LogP contribution >= 0.6 is 39.1 Å². The minimum absolute atomic E-state index is 0.106. The van der Waals surface area contributed by atoms with Gasteiger partial charge in [0.15, 0.2) is 0 Å². The molecule has 0 bridgehead atoms. The van der Waals surface area contributed by atoms with Crippen LogP contribution < -0.4 is 0 Å². The number of carboxylic acid groups (broad SMARTS) is 2. The summed E-state index contributed by atoms with van der Waals surface area (Å²) in [5.74, 6) is -2.05. The highest BCUT2D eigenvalue weighted by atomic mass is 79.9. The average molecular weight is 432 g/mol. The monoisotopic (exact) mass is 430 g/mol. The molecule has 4 nitrogen and oxygen atoms in total. The Morgan fingerprint density at radius 2 is 1.42 bits per heavy atom. The van der Waals surface area contributed by atoms with Crippen LogP contribution in [0.3, 0.4) is 0 Å². The van der Waals surface area contributed by atoms with E-state index in [2.05, 4.69) is 22.5 Å². The molecule has 0 amide bonds. The van der Waals surface area contributed by atoms with E-state index >= 15 is 0 Å². The fourth-order valence-electron chi connectivity index (χ4n) is 1.80. The van der Waals surface area contributed by atoms with Gasteiger partial charge in [-0.05, 0) is 46.6 Å². The molecule has 0 aromatic heterocycles. The van der Waals surface area contributed by atoms with Crippen molar-refractivity contribution < 1.29 is 19.8 Å². The van der Waals surface area contributed by atoms with Crippen LogP contribution in [-0.4, -0.2) is 22.2 Å². The third kappa shape index (κ3) is 5.09. The molecule has 0 atom stereocenters.